The molecule has 20 heavy (non-hydrogen) atoms. The Bertz CT molecular complexity index is 610. The summed E-state index contributed by atoms with van der Waals surface area (Å²) in [5.74, 6) is 1.40. The molecule has 0 radical (unpaired) electrons. The van der Waals surface area contributed by atoms with Gasteiger partial charge in [0.15, 0.2) is 0 Å². The van der Waals surface area contributed by atoms with Crippen molar-refractivity contribution in [1.29, 1.82) is 0 Å². The summed E-state index contributed by atoms with van der Waals surface area (Å²) in [5, 5.41) is 0.620. The van der Waals surface area contributed by atoms with Gasteiger partial charge in [0.25, 0.3) is 0 Å². The largest absolute Gasteiger partial charge is 0.494 e. The number of benzene rings is 1. The first-order chi connectivity index (χ1) is 9.76. The number of para-hydroxylation sites is 1. The van der Waals surface area contributed by atoms with Gasteiger partial charge in [-0.15, -0.1) is 0 Å². The average molecular weight is 291 g/mol. The number of aromatic nitrogens is 2. The first-order valence-corrected chi connectivity index (χ1v) is 8.38. The monoisotopic (exact) mass is 291 g/mol. The summed E-state index contributed by atoms with van der Waals surface area (Å²) in [7, 11) is 1.68. The van der Waals surface area contributed by atoms with E-state index < -0.39 is 0 Å². The molecule has 3 rings (SSSR count). The second-order valence-electron chi connectivity index (χ2n) is 5.29. The predicted octanol–water partition coefficient (Wildman–Crippen LogP) is 3.47. The molecule has 1 saturated carbocycles. The normalized spacial score (nSPS) is 23.1. The van der Waals surface area contributed by atoms with Gasteiger partial charge in [-0.3, -0.25) is 0 Å². The number of anilines is 1. The maximum absolute atomic E-state index is 6.21. The molecule has 0 saturated heterocycles. The molecule has 1 aliphatic rings. The molecule has 1 aromatic carbocycles. The zero-order valence-corrected chi connectivity index (χ0v) is 12.8. The van der Waals surface area contributed by atoms with E-state index >= 15 is 0 Å². The van der Waals surface area contributed by atoms with Crippen LogP contribution in [-0.2, 0) is 0 Å². The Kier molecular flexibility index (Phi) is 3.78. The number of thioether (sulfide) groups is 1. The minimum Gasteiger partial charge on any atom is -0.494 e. The molecule has 2 unspecified atom stereocenters. The number of ether oxygens (including phenoxy) is 1. The number of nitrogen functional groups attached to an aromatic ring is 1. The second-order valence-corrected chi connectivity index (χ2v) is 6.37. The molecule has 5 heteroatoms. The zero-order chi connectivity index (χ0) is 14.1. The van der Waals surface area contributed by atoms with Crippen LogP contribution in [0.1, 0.15) is 31.7 Å². The Hall–Kier alpha value is -1.36. The lowest BCUT2D eigenvalue weighted by atomic mass is 9.94. The summed E-state index contributed by atoms with van der Waals surface area (Å²) in [6.45, 7) is 0. The molecular formula is C15H21N3OS. The number of hydrogen-bond donors (Lipinski definition) is 1. The summed E-state index contributed by atoms with van der Waals surface area (Å²) in [4.78, 5) is 4.53. The molecule has 1 aromatic heterocycles. The maximum Gasteiger partial charge on any atom is 0.201 e. The molecule has 4 nitrogen and oxygen atoms in total. The number of imidazole rings is 1. The standard InChI is InChI=1S/C15H21N3OS/c1-19-12-8-5-7-11-14(12)17-15(16)18(11)10-6-3-4-9-13(10)20-2/h5,7-8,10,13H,3-4,6,9H2,1-2H3,(H2,16,17). The quantitative estimate of drug-likeness (QED) is 0.940. The van der Waals surface area contributed by atoms with Crippen molar-refractivity contribution in [3.8, 4) is 5.75 Å². The van der Waals surface area contributed by atoms with Crippen molar-refractivity contribution in [2.75, 3.05) is 19.1 Å². The van der Waals surface area contributed by atoms with Gasteiger partial charge in [0, 0.05) is 11.3 Å². The van der Waals surface area contributed by atoms with Crippen molar-refractivity contribution in [2.24, 2.45) is 0 Å². The summed E-state index contributed by atoms with van der Waals surface area (Å²) in [6, 6.07) is 6.48. The van der Waals surface area contributed by atoms with Gasteiger partial charge in [-0.2, -0.15) is 11.8 Å². The van der Waals surface area contributed by atoms with Gasteiger partial charge in [-0.05, 0) is 31.2 Å². The molecule has 0 bridgehead atoms. The summed E-state index contributed by atoms with van der Waals surface area (Å²) >= 11 is 1.94. The molecule has 2 atom stereocenters. The number of rotatable bonds is 3. The molecule has 1 aliphatic carbocycles. The molecule has 0 spiro atoms. The highest BCUT2D eigenvalue weighted by Gasteiger charge is 2.29. The minimum absolute atomic E-state index is 0.441. The van der Waals surface area contributed by atoms with Gasteiger partial charge < -0.3 is 15.0 Å². The van der Waals surface area contributed by atoms with E-state index in [1.165, 1.54) is 25.7 Å². The lowest BCUT2D eigenvalue weighted by molar-refractivity contribution is 0.374. The molecule has 2 aromatic rings. The van der Waals surface area contributed by atoms with Crippen molar-refractivity contribution in [2.45, 2.75) is 37.0 Å². The Morgan fingerprint density at radius 2 is 2.15 bits per heavy atom. The van der Waals surface area contributed by atoms with Crippen LogP contribution >= 0.6 is 11.8 Å². The van der Waals surface area contributed by atoms with E-state index in [1.54, 1.807) is 7.11 Å². The summed E-state index contributed by atoms with van der Waals surface area (Å²) in [5.41, 5.74) is 8.18. The van der Waals surface area contributed by atoms with Crippen LogP contribution in [0.15, 0.2) is 18.2 Å². The Morgan fingerprint density at radius 3 is 2.90 bits per heavy atom. The smallest absolute Gasteiger partial charge is 0.201 e. The minimum atomic E-state index is 0.441. The third kappa shape index (κ3) is 2.14. The summed E-state index contributed by atoms with van der Waals surface area (Å²) in [6.07, 6.45) is 7.22. The molecular weight excluding hydrogens is 270 g/mol. The fourth-order valence-electron chi connectivity index (χ4n) is 3.27. The topological polar surface area (TPSA) is 53.1 Å². The predicted molar refractivity (Wildman–Crippen MR) is 85.5 cm³/mol. The van der Waals surface area contributed by atoms with Crippen LogP contribution in [0.4, 0.5) is 5.95 Å². The van der Waals surface area contributed by atoms with Gasteiger partial charge >= 0.3 is 0 Å². The number of fused-ring (bicyclic) bond motifs is 1. The molecule has 108 valence electrons. The van der Waals surface area contributed by atoms with Gasteiger partial charge in [0.05, 0.1) is 12.6 Å². The second kappa shape index (κ2) is 5.56. The SMILES string of the molecule is COc1cccc2c1nc(N)n2C1CCCCC1SC. The Labute approximate surface area is 123 Å². The van der Waals surface area contributed by atoms with E-state index in [4.69, 9.17) is 10.5 Å². The number of nitrogens with zero attached hydrogens (tertiary/aromatic N) is 2. The zero-order valence-electron chi connectivity index (χ0n) is 12.0. The van der Waals surface area contributed by atoms with E-state index in [0.717, 1.165) is 16.8 Å². The third-order valence-electron chi connectivity index (χ3n) is 4.23. The van der Waals surface area contributed by atoms with E-state index in [1.807, 2.05) is 23.9 Å². The lowest BCUT2D eigenvalue weighted by Gasteiger charge is -2.32. The van der Waals surface area contributed by atoms with Crippen LogP contribution < -0.4 is 10.5 Å². The van der Waals surface area contributed by atoms with Crippen LogP contribution in [-0.4, -0.2) is 28.2 Å². The highest BCUT2D eigenvalue weighted by atomic mass is 32.2. The van der Waals surface area contributed by atoms with Gasteiger partial charge in [-0.25, -0.2) is 4.98 Å². The number of nitrogens with two attached hydrogens (primary N) is 1. The van der Waals surface area contributed by atoms with Crippen molar-refractivity contribution in [3.63, 3.8) is 0 Å². The summed E-state index contributed by atoms with van der Waals surface area (Å²) < 4.78 is 7.62. The van der Waals surface area contributed by atoms with Crippen molar-refractivity contribution in [3.05, 3.63) is 18.2 Å². The van der Waals surface area contributed by atoms with Gasteiger partial charge in [0.2, 0.25) is 5.95 Å². The van der Waals surface area contributed by atoms with Crippen molar-refractivity contribution >= 4 is 28.7 Å². The highest BCUT2D eigenvalue weighted by Crippen LogP contribution is 2.40. The highest BCUT2D eigenvalue weighted by molar-refractivity contribution is 7.99. The van der Waals surface area contributed by atoms with E-state index in [9.17, 15) is 0 Å². The lowest BCUT2D eigenvalue weighted by Crippen LogP contribution is -2.26. The molecule has 2 N–H and O–H groups in total. The third-order valence-corrected chi connectivity index (χ3v) is 5.39. The van der Waals surface area contributed by atoms with Crippen LogP contribution in [0, 0.1) is 0 Å². The van der Waals surface area contributed by atoms with Crippen molar-refractivity contribution < 1.29 is 4.74 Å². The first kappa shape index (κ1) is 13.6. The molecule has 1 fully saturated rings. The maximum atomic E-state index is 6.21. The molecule has 0 aliphatic heterocycles. The fraction of sp³-hybridized carbons (Fsp3) is 0.533. The van der Waals surface area contributed by atoms with Crippen LogP contribution in [0.25, 0.3) is 11.0 Å². The number of hydrogen-bond acceptors (Lipinski definition) is 4. The van der Waals surface area contributed by atoms with E-state index in [-0.39, 0.29) is 0 Å². The Balaban J connectivity index is 2.13. The van der Waals surface area contributed by atoms with Crippen LogP contribution in [0.3, 0.4) is 0 Å². The fourth-order valence-corrected chi connectivity index (χ4v) is 4.24. The van der Waals surface area contributed by atoms with E-state index in [0.29, 0.717) is 17.2 Å². The van der Waals surface area contributed by atoms with Gasteiger partial charge in [0.1, 0.15) is 11.3 Å². The average Bonchev–Trinajstić information content (AvgIpc) is 2.82. The van der Waals surface area contributed by atoms with Gasteiger partial charge in [-0.1, -0.05) is 18.9 Å². The first-order valence-electron chi connectivity index (χ1n) is 7.09. The van der Waals surface area contributed by atoms with Crippen LogP contribution in [0.2, 0.25) is 0 Å². The van der Waals surface area contributed by atoms with Crippen LogP contribution in [0.5, 0.6) is 5.75 Å². The molecule has 0 amide bonds. The van der Waals surface area contributed by atoms with E-state index in [2.05, 4.69) is 21.9 Å². The van der Waals surface area contributed by atoms with Crippen molar-refractivity contribution in [1.82, 2.24) is 9.55 Å². The Morgan fingerprint density at radius 1 is 1.35 bits per heavy atom. The number of methoxy groups -OCH3 is 1. The molecule has 1 heterocycles.